The van der Waals surface area contributed by atoms with Gasteiger partial charge in [0.1, 0.15) is 22.6 Å². The Balaban J connectivity index is 1.41. The molecule has 0 unspecified atom stereocenters. The molecule has 1 amide bonds. The van der Waals surface area contributed by atoms with Crippen LogP contribution < -0.4 is 11.0 Å². The summed E-state index contributed by atoms with van der Waals surface area (Å²) in [6, 6.07) is 10.9. The van der Waals surface area contributed by atoms with Gasteiger partial charge in [0.2, 0.25) is 15.9 Å². The third-order valence-electron chi connectivity index (χ3n) is 7.05. The molecule has 5 rings (SSSR count). The molecule has 0 saturated carbocycles. The minimum atomic E-state index is -4.08. The minimum absolute atomic E-state index is 0.00492. The Morgan fingerprint density at radius 1 is 1.13 bits per heavy atom. The van der Waals surface area contributed by atoms with Crippen molar-refractivity contribution in [2.75, 3.05) is 5.88 Å². The smallest absolute Gasteiger partial charge is 0.341 e. The second-order valence-corrected chi connectivity index (χ2v) is 15.5. The lowest BCUT2D eigenvalue weighted by Crippen LogP contribution is -2.56. The maximum absolute atomic E-state index is 13.9. The molecule has 238 valence electrons. The van der Waals surface area contributed by atoms with Crippen LogP contribution in [0, 0.1) is 0 Å². The van der Waals surface area contributed by atoms with Crippen molar-refractivity contribution in [3.63, 3.8) is 0 Å². The lowest BCUT2D eigenvalue weighted by Gasteiger charge is -2.31. The summed E-state index contributed by atoms with van der Waals surface area (Å²) in [4.78, 5) is 61.1. The largest absolute Gasteiger partial charge is 0.364 e. The zero-order valence-corrected chi connectivity index (χ0v) is 27.0. The summed E-state index contributed by atoms with van der Waals surface area (Å²) in [5, 5.41) is 2.73. The number of pyridine rings is 2. The first kappa shape index (κ1) is 32.3. The fraction of sp³-hybridized carbons (Fsp3) is 0.367. The average molecular weight is 655 g/mol. The van der Waals surface area contributed by atoms with E-state index in [1.807, 2.05) is 0 Å². The summed E-state index contributed by atoms with van der Waals surface area (Å²) in [6.07, 6.45) is 4.28. The van der Waals surface area contributed by atoms with Gasteiger partial charge in [0.25, 0.3) is 0 Å². The van der Waals surface area contributed by atoms with Crippen LogP contribution in [0.15, 0.2) is 76.8 Å². The number of fused-ring (bicyclic) bond motifs is 1. The molecule has 0 aliphatic carbocycles. The summed E-state index contributed by atoms with van der Waals surface area (Å²) in [5.41, 5.74) is 1.07. The van der Waals surface area contributed by atoms with Crippen LogP contribution >= 0.6 is 11.8 Å². The van der Waals surface area contributed by atoms with E-state index in [0.29, 0.717) is 22.4 Å². The number of aromatic amines is 1. The number of nitrogens with zero attached hydrogens (tertiary/aromatic N) is 4. The predicted molar refractivity (Wildman–Crippen MR) is 168 cm³/mol. The first-order valence-electron chi connectivity index (χ1n) is 14.1. The number of hydrogen-bond acceptors (Lipinski definition) is 10. The van der Waals surface area contributed by atoms with Gasteiger partial charge >= 0.3 is 11.7 Å². The summed E-state index contributed by atoms with van der Waals surface area (Å²) in [5.74, 6) is -1.48. The molecule has 13 nitrogen and oxygen atoms in total. The summed E-state index contributed by atoms with van der Waals surface area (Å²) in [6.45, 7) is 8.66. The van der Waals surface area contributed by atoms with E-state index in [-0.39, 0.29) is 22.9 Å². The van der Waals surface area contributed by atoms with Crippen molar-refractivity contribution < 1.29 is 27.8 Å². The van der Waals surface area contributed by atoms with Crippen LogP contribution in [0.5, 0.6) is 0 Å². The molecule has 4 heterocycles. The van der Waals surface area contributed by atoms with Crippen molar-refractivity contribution in [2.45, 2.75) is 68.4 Å². The Labute approximate surface area is 264 Å². The number of imidazole rings is 1. The molecule has 45 heavy (non-hydrogen) atoms. The van der Waals surface area contributed by atoms with E-state index in [1.54, 1.807) is 77.2 Å². The fourth-order valence-corrected chi connectivity index (χ4v) is 8.02. The van der Waals surface area contributed by atoms with Crippen LogP contribution in [0.1, 0.15) is 40.2 Å². The number of H-pyrrole nitrogens is 1. The monoisotopic (exact) mass is 654 g/mol. The summed E-state index contributed by atoms with van der Waals surface area (Å²) >= 11 is 1.31. The highest BCUT2D eigenvalue weighted by atomic mass is 32.2. The lowest BCUT2D eigenvalue weighted by atomic mass is 10.0. The molecule has 2 N–H and O–H groups in total. The Morgan fingerprint density at radius 2 is 1.84 bits per heavy atom. The van der Waals surface area contributed by atoms with Gasteiger partial charge in [-0.1, -0.05) is 12.1 Å². The molecule has 1 saturated heterocycles. The highest BCUT2D eigenvalue weighted by Crippen LogP contribution is 2.42. The van der Waals surface area contributed by atoms with E-state index < -0.39 is 44.3 Å². The predicted octanol–water partition coefficient (Wildman–Crippen LogP) is 2.95. The molecule has 15 heteroatoms. The van der Waals surface area contributed by atoms with Crippen molar-refractivity contribution in [1.29, 1.82) is 0 Å². The molecule has 1 aliphatic rings. The van der Waals surface area contributed by atoms with E-state index in [4.69, 9.17) is 9.78 Å². The molecule has 1 fully saturated rings. The quantitative estimate of drug-likeness (QED) is 0.202. The van der Waals surface area contributed by atoms with Gasteiger partial charge in [-0.2, -0.15) is 9.19 Å². The number of sulfonamides is 1. The van der Waals surface area contributed by atoms with Crippen molar-refractivity contribution in [3.05, 3.63) is 83.2 Å². The highest BCUT2D eigenvalue weighted by molar-refractivity contribution is 8.02. The molecular weight excluding hydrogens is 620 g/mol. The van der Waals surface area contributed by atoms with Crippen LogP contribution in [-0.4, -0.2) is 72.4 Å². The van der Waals surface area contributed by atoms with Crippen LogP contribution in [0.4, 0.5) is 0 Å². The van der Waals surface area contributed by atoms with Gasteiger partial charge in [-0.25, -0.2) is 27.6 Å². The van der Waals surface area contributed by atoms with Crippen LogP contribution in [0.25, 0.3) is 16.9 Å². The van der Waals surface area contributed by atoms with Gasteiger partial charge in [-0.15, -0.1) is 11.8 Å². The number of nitrogens with one attached hydrogen (secondary N) is 2. The number of aromatic nitrogens is 4. The first-order valence-corrected chi connectivity index (χ1v) is 16.5. The van der Waals surface area contributed by atoms with Crippen molar-refractivity contribution in [2.24, 2.45) is 0 Å². The second-order valence-electron chi connectivity index (χ2n) is 12.0. The van der Waals surface area contributed by atoms with Gasteiger partial charge in [0.05, 0.1) is 17.1 Å². The molecule has 0 radical (unpaired) electrons. The Hall–Kier alpha value is -4.05. The third-order valence-corrected chi connectivity index (χ3v) is 10.4. The lowest BCUT2D eigenvalue weighted by molar-refractivity contribution is -0.321. The fourth-order valence-electron chi connectivity index (χ4n) is 4.88. The summed E-state index contributed by atoms with van der Waals surface area (Å²) in [7, 11) is -4.08. The standard InChI is InChI=1S/C30H34N6O7S2/c1-29(2,3)43-42-27(38)23(16-19-10-12-20(13-11-19)36-25-22(34-28(36)39)9-7-15-32-25)33-26(37)24-30(4,5)44-18-35(24)45(40,41)21-8-6-14-31-17-21/h6-15,17,23-24H,16,18H2,1-5H3,(H,33,37)(H,34,39)/t23-,24+/m0/s1. The molecule has 3 aromatic heterocycles. The SMILES string of the molecule is CC(C)(C)OOC(=O)[C@H](Cc1ccc(-n2c(=O)[nH]c3cccnc32)cc1)NC(=O)[C@H]1N(S(=O)(=O)c2cccnc2)CSC1(C)C. The van der Waals surface area contributed by atoms with E-state index in [1.165, 1.54) is 40.9 Å². The Bertz CT molecular complexity index is 1870. The van der Waals surface area contributed by atoms with Crippen molar-refractivity contribution >= 4 is 44.8 Å². The van der Waals surface area contributed by atoms with Gasteiger partial charge < -0.3 is 10.3 Å². The zero-order chi connectivity index (χ0) is 32.6. The molecule has 2 atom stereocenters. The Kier molecular flexibility index (Phi) is 8.90. The summed E-state index contributed by atoms with van der Waals surface area (Å²) < 4.78 is 28.8. The van der Waals surface area contributed by atoms with Gasteiger partial charge in [-0.3, -0.25) is 14.7 Å². The van der Waals surface area contributed by atoms with Crippen LogP contribution in [0.3, 0.4) is 0 Å². The number of carbonyl (C=O) groups excluding carboxylic acids is 2. The zero-order valence-electron chi connectivity index (χ0n) is 25.4. The number of hydrogen-bond donors (Lipinski definition) is 2. The maximum Gasteiger partial charge on any atom is 0.364 e. The van der Waals surface area contributed by atoms with Gasteiger partial charge in [0, 0.05) is 29.8 Å². The number of benzene rings is 1. The number of carbonyl (C=O) groups is 2. The van der Waals surface area contributed by atoms with Crippen LogP contribution in [-0.2, 0) is 35.8 Å². The molecule has 0 spiro atoms. The Morgan fingerprint density at radius 3 is 2.51 bits per heavy atom. The molecule has 4 aromatic rings. The molecular formula is C30H34N6O7S2. The molecule has 1 aromatic carbocycles. The normalized spacial score (nSPS) is 17.7. The third kappa shape index (κ3) is 6.96. The number of rotatable bonds is 9. The second kappa shape index (κ2) is 12.4. The van der Waals surface area contributed by atoms with Crippen LogP contribution in [0.2, 0.25) is 0 Å². The molecule has 0 bridgehead atoms. The first-order chi connectivity index (χ1) is 21.2. The maximum atomic E-state index is 13.9. The van der Waals surface area contributed by atoms with E-state index in [2.05, 4.69) is 20.3 Å². The van der Waals surface area contributed by atoms with Gasteiger partial charge in [0.15, 0.2) is 5.65 Å². The number of amides is 1. The topological polar surface area (TPSA) is 166 Å². The molecule has 1 aliphatic heterocycles. The van der Waals surface area contributed by atoms with Crippen molar-refractivity contribution in [1.82, 2.24) is 29.1 Å². The van der Waals surface area contributed by atoms with Gasteiger partial charge in [-0.05, 0) is 76.6 Å². The van der Waals surface area contributed by atoms with E-state index >= 15 is 0 Å². The minimum Gasteiger partial charge on any atom is -0.341 e. The van der Waals surface area contributed by atoms with E-state index in [9.17, 15) is 22.8 Å². The highest BCUT2D eigenvalue weighted by Gasteiger charge is 2.51. The average Bonchev–Trinajstić information content (AvgIpc) is 3.51. The van der Waals surface area contributed by atoms with Crippen molar-refractivity contribution in [3.8, 4) is 5.69 Å². The number of thioether (sulfide) groups is 1. The van der Waals surface area contributed by atoms with E-state index in [0.717, 1.165) is 4.31 Å².